The van der Waals surface area contributed by atoms with E-state index in [2.05, 4.69) is 28.1 Å². The summed E-state index contributed by atoms with van der Waals surface area (Å²) in [5.41, 5.74) is -0.214. The molecule has 1 N–H and O–H groups in total. The zero-order chi connectivity index (χ0) is 13.3. The second-order valence-corrected chi connectivity index (χ2v) is 6.01. The third-order valence-corrected chi connectivity index (χ3v) is 3.96. The number of fused-ring (bicyclic) bond motifs is 1. The van der Waals surface area contributed by atoms with Crippen molar-refractivity contribution in [2.45, 2.75) is 0 Å². The summed E-state index contributed by atoms with van der Waals surface area (Å²) in [6.07, 6.45) is 0. The molecule has 0 spiro atoms. The summed E-state index contributed by atoms with van der Waals surface area (Å²) in [4.78, 5) is 0. The highest BCUT2D eigenvalue weighted by Crippen LogP contribution is 2.29. The molecule has 0 amide bonds. The number of aliphatic hydroxyl groups excluding tert-OH is 1. The number of aliphatic hydroxyl groups is 1. The Morgan fingerprint density at radius 1 is 1.16 bits per heavy atom. The molecule has 4 heteroatoms. The molecule has 1 saturated heterocycles. The molecule has 0 saturated carbocycles. The van der Waals surface area contributed by atoms with Gasteiger partial charge in [-0.25, -0.2) is 0 Å². The van der Waals surface area contributed by atoms with Gasteiger partial charge >= 0.3 is 0 Å². The quantitative estimate of drug-likeness (QED) is 0.940. The first-order valence-corrected chi connectivity index (χ1v) is 7.01. The predicted octanol–water partition coefficient (Wildman–Crippen LogP) is 2.99. The van der Waals surface area contributed by atoms with Crippen LogP contribution >= 0.6 is 15.9 Å². The van der Waals surface area contributed by atoms with Gasteiger partial charge in [-0.2, -0.15) is 0 Å². The van der Waals surface area contributed by atoms with Crippen molar-refractivity contribution in [2.75, 3.05) is 26.4 Å². The Hall–Kier alpha value is -1.10. The molecule has 2 aromatic carbocycles. The van der Waals surface area contributed by atoms with E-state index in [9.17, 15) is 5.11 Å². The highest BCUT2D eigenvalue weighted by molar-refractivity contribution is 9.10. The number of rotatable bonds is 4. The lowest BCUT2D eigenvalue weighted by Gasteiger charge is -2.39. The molecule has 2 aromatic rings. The molecule has 0 aliphatic carbocycles. The summed E-state index contributed by atoms with van der Waals surface area (Å²) >= 11 is 3.46. The molecule has 3 nitrogen and oxygen atoms in total. The molecule has 0 aromatic heterocycles. The number of ether oxygens (including phenoxy) is 2. The van der Waals surface area contributed by atoms with Crippen LogP contribution < -0.4 is 4.74 Å². The van der Waals surface area contributed by atoms with Crippen molar-refractivity contribution in [1.29, 1.82) is 0 Å². The van der Waals surface area contributed by atoms with Gasteiger partial charge in [0.1, 0.15) is 12.4 Å². The molecular weight excluding hydrogens is 308 g/mol. The average Bonchev–Trinajstić information content (AvgIpc) is 2.38. The van der Waals surface area contributed by atoms with Gasteiger partial charge in [-0.05, 0) is 35.0 Å². The van der Waals surface area contributed by atoms with Crippen LogP contribution in [0.4, 0.5) is 0 Å². The fourth-order valence-electron chi connectivity index (χ4n) is 2.13. The topological polar surface area (TPSA) is 38.7 Å². The Labute approximate surface area is 120 Å². The van der Waals surface area contributed by atoms with E-state index in [1.165, 1.54) is 5.39 Å². The van der Waals surface area contributed by atoms with E-state index < -0.39 is 0 Å². The van der Waals surface area contributed by atoms with E-state index in [1.807, 2.05) is 24.3 Å². The number of hydrogen-bond donors (Lipinski definition) is 1. The third kappa shape index (κ3) is 2.61. The largest absolute Gasteiger partial charge is 0.493 e. The first-order valence-electron chi connectivity index (χ1n) is 6.22. The normalized spacial score (nSPS) is 17.2. The van der Waals surface area contributed by atoms with Crippen LogP contribution in [0.3, 0.4) is 0 Å². The second kappa shape index (κ2) is 5.12. The van der Waals surface area contributed by atoms with Gasteiger partial charge < -0.3 is 14.6 Å². The SMILES string of the molecule is OCC1(COc2ccc3cc(Br)ccc3c2)COC1. The lowest BCUT2D eigenvalue weighted by Crippen LogP contribution is -2.49. The predicted molar refractivity (Wildman–Crippen MR) is 77.5 cm³/mol. The van der Waals surface area contributed by atoms with Crippen LogP contribution in [0.5, 0.6) is 5.75 Å². The van der Waals surface area contributed by atoms with E-state index in [0.717, 1.165) is 15.6 Å². The number of hydrogen-bond acceptors (Lipinski definition) is 3. The van der Waals surface area contributed by atoms with Gasteiger partial charge in [0.15, 0.2) is 0 Å². The maximum atomic E-state index is 9.35. The van der Waals surface area contributed by atoms with Gasteiger partial charge in [0.25, 0.3) is 0 Å². The molecule has 100 valence electrons. The summed E-state index contributed by atoms with van der Waals surface area (Å²) in [7, 11) is 0. The maximum Gasteiger partial charge on any atom is 0.119 e. The van der Waals surface area contributed by atoms with Gasteiger partial charge in [-0.1, -0.05) is 28.1 Å². The van der Waals surface area contributed by atoms with Crippen LogP contribution in [0.15, 0.2) is 40.9 Å². The van der Waals surface area contributed by atoms with E-state index in [-0.39, 0.29) is 12.0 Å². The zero-order valence-electron chi connectivity index (χ0n) is 10.4. The third-order valence-electron chi connectivity index (χ3n) is 3.47. The molecule has 19 heavy (non-hydrogen) atoms. The van der Waals surface area contributed by atoms with Gasteiger partial charge in [-0.3, -0.25) is 0 Å². The second-order valence-electron chi connectivity index (χ2n) is 5.09. The molecule has 1 aliphatic heterocycles. The molecular formula is C15H15BrO3. The highest BCUT2D eigenvalue weighted by Gasteiger charge is 2.39. The van der Waals surface area contributed by atoms with Crippen molar-refractivity contribution < 1.29 is 14.6 Å². The minimum atomic E-state index is -0.214. The molecule has 3 rings (SSSR count). The molecule has 0 radical (unpaired) electrons. The Morgan fingerprint density at radius 3 is 2.58 bits per heavy atom. The van der Waals surface area contributed by atoms with E-state index >= 15 is 0 Å². The Bertz CT molecular complexity index is 587. The van der Waals surface area contributed by atoms with Gasteiger partial charge in [-0.15, -0.1) is 0 Å². The zero-order valence-corrected chi connectivity index (χ0v) is 12.0. The Kier molecular flexibility index (Phi) is 3.48. The van der Waals surface area contributed by atoms with Gasteiger partial charge in [0, 0.05) is 4.47 Å². The summed E-state index contributed by atoms with van der Waals surface area (Å²) in [5.74, 6) is 0.828. The van der Waals surface area contributed by atoms with E-state index in [4.69, 9.17) is 9.47 Å². The summed E-state index contributed by atoms with van der Waals surface area (Å²) in [6, 6.07) is 12.2. The molecule has 1 aliphatic rings. The Morgan fingerprint density at radius 2 is 1.89 bits per heavy atom. The molecule has 1 fully saturated rings. The van der Waals surface area contributed by atoms with Crippen molar-refractivity contribution in [3.05, 3.63) is 40.9 Å². The van der Waals surface area contributed by atoms with Crippen LogP contribution in [0.1, 0.15) is 0 Å². The summed E-state index contributed by atoms with van der Waals surface area (Å²) in [6.45, 7) is 1.74. The van der Waals surface area contributed by atoms with Gasteiger partial charge in [0.2, 0.25) is 0 Å². The highest BCUT2D eigenvalue weighted by atomic mass is 79.9. The molecule has 0 unspecified atom stereocenters. The molecule has 0 bridgehead atoms. The van der Waals surface area contributed by atoms with Crippen molar-refractivity contribution >= 4 is 26.7 Å². The van der Waals surface area contributed by atoms with Crippen molar-refractivity contribution in [3.8, 4) is 5.75 Å². The van der Waals surface area contributed by atoms with Crippen molar-refractivity contribution in [2.24, 2.45) is 5.41 Å². The summed E-state index contributed by atoms with van der Waals surface area (Å²) in [5, 5.41) is 11.7. The van der Waals surface area contributed by atoms with Crippen LogP contribution in [-0.2, 0) is 4.74 Å². The van der Waals surface area contributed by atoms with Crippen LogP contribution in [0.25, 0.3) is 10.8 Å². The lowest BCUT2D eigenvalue weighted by molar-refractivity contribution is -0.153. The van der Waals surface area contributed by atoms with Crippen molar-refractivity contribution in [1.82, 2.24) is 0 Å². The standard InChI is InChI=1S/C15H15BrO3/c16-13-3-1-12-6-14(4-2-11(12)5-13)19-10-15(7-17)8-18-9-15/h1-6,17H,7-10H2. The first kappa shape index (κ1) is 12.9. The van der Waals surface area contributed by atoms with E-state index in [0.29, 0.717) is 19.8 Å². The van der Waals surface area contributed by atoms with Crippen LogP contribution in [-0.4, -0.2) is 31.5 Å². The first-order chi connectivity index (χ1) is 9.21. The minimum Gasteiger partial charge on any atom is -0.493 e. The number of benzene rings is 2. The Balaban J connectivity index is 1.76. The molecule has 1 heterocycles. The number of halogens is 1. The van der Waals surface area contributed by atoms with Crippen LogP contribution in [0.2, 0.25) is 0 Å². The fourth-order valence-corrected chi connectivity index (χ4v) is 2.51. The smallest absolute Gasteiger partial charge is 0.119 e. The average molecular weight is 323 g/mol. The summed E-state index contributed by atoms with van der Waals surface area (Å²) < 4.78 is 12.0. The molecule has 0 atom stereocenters. The lowest BCUT2D eigenvalue weighted by atomic mass is 9.88. The minimum absolute atomic E-state index is 0.105. The van der Waals surface area contributed by atoms with Crippen LogP contribution in [0, 0.1) is 5.41 Å². The van der Waals surface area contributed by atoms with Crippen molar-refractivity contribution in [3.63, 3.8) is 0 Å². The van der Waals surface area contributed by atoms with E-state index in [1.54, 1.807) is 0 Å². The fraction of sp³-hybridized carbons (Fsp3) is 0.333. The monoisotopic (exact) mass is 322 g/mol. The maximum absolute atomic E-state index is 9.35. The van der Waals surface area contributed by atoms with Gasteiger partial charge in [0.05, 0.1) is 25.2 Å².